The summed E-state index contributed by atoms with van der Waals surface area (Å²) in [4.78, 5) is 6.36. The standard InChI is InChI=1S/C11H19BrN4.2ClH/c1-3-16(4-2)6-5-15-11-9(12)7-14-8-10(11)13;;/h7-8H,3-6,13H2,1-2H3,(H,14,15);2*1H. The Balaban J connectivity index is 0. The Morgan fingerprint density at radius 1 is 1.28 bits per heavy atom. The van der Waals surface area contributed by atoms with Crippen LogP contribution in [0.4, 0.5) is 11.4 Å². The van der Waals surface area contributed by atoms with Crippen LogP contribution in [0.25, 0.3) is 0 Å². The Bertz CT molecular complexity index is 315. The number of aromatic nitrogens is 1. The van der Waals surface area contributed by atoms with E-state index in [9.17, 15) is 0 Å². The lowest BCUT2D eigenvalue weighted by Crippen LogP contribution is -2.28. The molecule has 0 aromatic carbocycles. The van der Waals surface area contributed by atoms with Crippen LogP contribution in [0.1, 0.15) is 13.8 Å². The number of likely N-dealkylation sites (N-methyl/N-ethyl adjacent to an activating group) is 1. The van der Waals surface area contributed by atoms with Crippen LogP contribution < -0.4 is 11.1 Å². The number of pyridine rings is 1. The van der Waals surface area contributed by atoms with Gasteiger partial charge in [-0.25, -0.2) is 0 Å². The second-order valence-corrected chi connectivity index (χ2v) is 4.39. The van der Waals surface area contributed by atoms with Gasteiger partial charge in [0.2, 0.25) is 0 Å². The first-order valence-electron chi connectivity index (χ1n) is 5.54. The van der Waals surface area contributed by atoms with Crippen molar-refractivity contribution in [2.45, 2.75) is 13.8 Å². The van der Waals surface area contributed by atoms with Crippen LogP contribution in [0.3, 0.4) is 0 Å². The number of nitrogen functional groups attached to an aromatic ring is 1. The first-order chi connectivity index (χ1) is 7.69. The van der Waals surface area contributed by atoms with Gasteiger partial charge in [-0.3, -0.25) is 4.98 Å². The van der Waals surface area contributed by atoms with Crippen molar-refractivity contribution in [3.8, 4) is 0 Å². The van der Waals surface area contributed by atoms with E-state index in [4.69, 9.17) is 5.73 Å². The molecule has 0 fully saturated rings. The number of hydrogen-bond donors (Lipinski definition) is 2. The molecule has 1 aromatic heterocycles. The zero-order chi connectivity index (χ0) is 12.0. The molecule has 0 amide bonds. The van der Waals surface area contributed by atoms with Crippen molar-refractivity contribution in [1.82, 2.24) is 9.88 Å². The molecular weight excluding hydrogens is 339 g/mol. The number of nitrogens with two attached hydrogens (primary N) is 1. The molecule has 1 aromatic rings. The highest BCUT2D eigenvalue weighted by atomic mass is 79.9. The van der Waals surface area contributed by atoms with Crippen LogP contribution in [-0.2, 0) is 0 Å². The van der Waals surface area contributed by atoms with E-state index in [0.717, 1.165) is 36.3 Å². The monoisotopic (exact) mass is 358 g/mol. The SMILES string of the molecule is CCN(CC)CCNc1c(N)cncc1Br.Cl.Cl. The molecule has 18 heavy (non-hydrogen) atoms. The molecule has 4 nitrogen and oxygen atoms in total. The predicted octanol–water partition coefficient (Wildman–Crippen LogP) is 3.02. The molecule has 0 bridgehead atoms. The van der Waals surface area contributed by atoms with Crippen molar-refractivity contribution in [3.63, 3.8) is 0 Å². The molecule has 0 unspecified atom stereocenters. The fourth-order valence-corrected chi connectivity index (χ4v) is 2.00. The van der Waals surface area contributed by atoms with Crippen LogP contribution in [0, 0.1) is 0 Å². The Labute approximate surface area is 130 Å². The van der Waals surface area contributed by atoms with Crippen LogP contribution in [0.5, 0.6) is 0 Å². The van der Waals surface area contributed by atoms with E-state index >= 15 is 0 Å². The summed E-state index contributed by atoms with van der Waals surface area (Å²) in [6.45, 7) is 8.38. The molecule has 0 atom stereocenters. The number of nitrogens with zero attached hydrogens (tertiary/aromatic N) is 2. The molecule has 7 heteroatoms. The molecule has 1 heterocycles. The van der Waals surface area contributed by atoms with Gasteiger partial charge in [0.15, 0.2) is 0 Å². The largest absolute Gasteiger partial charge is 0.396 e. The van der Waals surface area contributed by atoms with E-state index in [1.54, 1.807) is 12.4 Å². The molecule has 0 spiro atoms. The maximum atomic E-state index is 5.83. The van der Waals surface area contributed by atoms with Gasteiger partial charge in [-0.05, 0) is 29.0 Å². The van der Waals surface area contributed by atoms with Crippen LogP contribution in [0.15, 0.2) is 16.9 Å². The van der Waals surface area contributed by atoms with Gasteiger partial charge in [0.1, 0.15) is 0 Å². The van der Waals surface area contributed by atoms with Crippen molar-refractivity contribution < 1.29 is 0 Å². The van der Waals surface area contributed by atoms with Gasteiger partial charge in [0, 0.05) is 19.3 Å². The number of anilines is 2. The molecule has 0 aliphatic rings. The zero-order valence-electron chi connectivity index (χ0n) is 10.6. The van der Waals surface area contributed by atoms with Gasteiger partial charge < -0.3 is 16.0 Å². The predicted molar refractivity (Wildman–Crippen MR) is 87.1 cm³/mol. The fourth-order valence-electron chi connectivity index (χ4n) is 1.52. The fraction of sp³-hybridized carbons (Fsp3) is 0.545. The van der Waals surface area contributed by atoms with Gasteiger partial charge in [-0.2, -0.15) is 0 Å². The second-order valence-electron chi connectivity index (χ2n) is 3.54. The van der Waals surface area contributed by atoms with Gasteiger partial charge in [-0.1, -0.05) is 13.8 Å². The summed E-state index contributed by atoms with van der Waals surface area (Å²) in [5.74, 6) is 0. The lowest BCUT2D eigenvalue weighted by atomic mass is 10.3. The van der Waals surface area contributed by atoms with Crippen molar-refractivity contribution >= 4 is 52.1 Å². The molecule has 0 saturated carbocycles. The summed E-state index contributed by atoms with van der Waals surface area (Å²) in [6, 6.07) is 0. The van der Waals surface area contributed by atoms with Crippen molar-refractivity contribution in [3.05, 3.63) is 16.9 Å². The highest BCUT2D eigenvalue weighted by Gasteiger charge is 2.04. The lowest BCUT2D eigenvalue weighted by molar-refractivity contribution is 0.316. The number of halogens is 3. The first-order valence-corrected chi connectivity index (χ1v) is 6.33. The van der Waals surface area contributed by atoms with E-state index < -0.39 is 0 Å². The lowest BCUT2D eigenvalue weighted by Gasteiger charge is -2.19. The summed E-state index contributed by atoms with van der Waals surface area (Å²) in [5.41, 5.74) is 7.44. The normalized spacial score (nSPS) is 9.56. The minimum absolute atomic E-state index is 0. The van der Waals surface area contributed by atoms with E-state index in [-0.39, 0.29) is 24.8 Å². The van der Waals surface area contributed by atoms with Crippen LogP contribution >= 0.6 is 40.7 Å². The molecular formula is C11H21BrCl2N4. The van der Waals surface area contributed by atoms with Crippen molar-refractivity contribution in [2.24, 2.45) is 0 Å². The number of hydrogen-bond acceptors (Lipinski definition) is 4. The second kappa shape index (κ2) is 10.7. The summed E-state index contributed by atoms with van der Waals surface area (Å²) in [7, 11) is 0. The van der Waals surface area contributed by atoms with Gasteiger partial charge in [-0.15, -0.1) is 24.8 Å². The Morgan fingerprint density at radius 3 is 2.39 bits per heavy atom. The minimum atomic E-state index is 0. The smallest absolute Gasteiger partial charge is 0.0750 e. The zero-order valence-corrected chi connectivity index (χ0v) is 13.9. The quantitative estimate of drug-likeness (QED) is 0.819. The third-order valence-corrected chi connectivity index (χ3v) is 3.15. The molecule has 0 aliphatic heterocycles. The van der Waals surface area contributed by atoms with E-state index in [2.05, 4.69) is 45.0 Å². The average Bonchev–Trinajstić information content (AvgIpc) is 2.28. The molecule has 0 radical (unpaired) electrons. The number of rotatable bonds is 6. The maximum Gasteiger partial charge on any atom is 0.0750 e. The number of nitrogens with one attached hydrogen (secondary N) is 1. The van der Waals surface area contributed by atoms with Gasteiger partial charge in [0.25, 0.3) is 0 Å². The van der Waals surface area contributed by atoms with Gasteiger partial charge >= 0.3 is 0 Å². The first kappa shape index (κ1) is 20.1. The molecule has 3 N–H and O–H groups in total. The molecule has 106 valence electrons. The Hall–Kier alpha value is -0.230. The minimum Gasteiger partial charge on any atom is -0.396 e. The van der Waals surface area contributed by atoms with Crippen LogP contribution in [0.2, 0.25) is 0 Å². The highest BCUT2D eigenvalue weighted by Crippen LogP contribution is 2.26. The van der Waals surface area contributed by atoms with Gasteiger partial charge in [0.05, 0.1) is 22.0 Å². The topological polar surface area (TPSA) is 54.2 Å². The molecule has 0 saturated heterocycles. The average molecular weight is 360 g/mol. The highest BCUT2D eigenvalue weighted by molar-refractivity contribution is 9.10. The summed E-state index contributed by atoms with van der Waals surface area (Å²) >= 11 is 3.43. The summed E-state index contributed by atoms with van der Waals surface area (Å²) in [5, 5.41) is 3.33. The summed E-state index contributed by atoms with van der Waals surface area (Å²) < 4.78 is 0.909. The van der Waals surface area contributed by atoms with Crippen LogP contribution in [-0.4, -0.2) is 36.1 Å². The Morgan fingerprint density at radius 2 is 1.89 bits per heavy atom. The third-order valence-electron chi connectivity index (χ3n) is 2.55. The van der Waals surface area contributed by atoms with Crippen molar-refractivity contribution in [2.75, 3.05) is 37.2 Å². The third kappa shape index (κ3) is 6.09. The van der Waals surface area contributed by atoms with E-state index in [1.165, 1.54) is 0 Å². The van der Waals surface area contributed by atoms with E-state index in [0.29, 0.717) is 5.69 Å². The van der Waals surface area contributed by atoms with Crippen molar-refractivity contribution in [1.29, 1.82) is 0 Å². The molecule has 0 aliphatic carbocycles. The molecule has 1 rings (SSSR count). The summed E-state index contributed by atoms with van der Waals surface area (Å²) in [6.07, 6.45) is 3.40. The Kier molecular flexibility index (Phi) is 11.9. The maximum absolute atomic E-state index is 5.83. The van der Waals surface area contributed by atoms with E-state index in [1.807, 2.05) is 0 Å².